The smallest absolute Gasteiger partial charge is 0.144 e. The lowest BCUT2D eigenvalue weighted by Crippen LogP contribution is -2.19. The van der Waals surface area contributed by atoms with Crippen LogP contribution in [-0.2, 0) is 11.0 Å². The first kappa shape index (κ1) is 13.5. The lowest BCUT2D eigenvalue weighted by molar-refractivity contribution is 0.621. The van der Waals surface area contributed by atoms with Gasteiger partial charge in [0.2, 0.25) is 0 Å². The van der Waals surface area contributed by atoms with Crippen LogP contribution in [0.1, 0.15) is 26.3 Å². The highest BCUT2D eigenvalue weighted by molar-refractivity contribution is 9.10. The van der Waals surface area contributed by atoms with E-state index in [2.05, 4.69) is 20.3 Å². The molecule has 16 heavy (non-hydrogen) atoms. The number of hydrogen-bond acceptors (Lipinski definition) is 1. The van der Waals surface area contributed by atoms with Gasteiger partial charge >= 0.3 is 0 Å². The van der Waals surface area contributed by atoms with Crippen LogP contribution in [0, 0.1) is 5.82 Å². The molecule has 1 rings (SSSR count). The Morgan fingerprint density at radius 2 is 2.06 bits per heavy atom. The van der Waals surface area contributed by atoms with Gasteiger partial charge in [0, 0.05) is 6.21 Å². The first-order valence-corrected chi connectivity index (χ1v) is 6.62. The first-order valence-electron chi connectivity index (χ1n) is 4.72. The minimum Gasteiger partial charge on any atom is -0.234 e. The van der Waals surface area contributed by atoms with Crippen LogP contribution in [0.4, 0.5) is 4.39 Å². The van der Waals surface area contributed by atoms with E-state index < -0.39 is 11.0 Å². The Balaban J connectivity index is 2.85. The van der Waals surface area contributed by atoms with E-state index >= 15 is 0 Å². The summed E-state index contributed by atoms with van der Waals surface area (Å²) in [6.07, 6.45) is 1.49. The Kier molecular flexibility index (Phi) is 4.38. The summed E-state index contributed by atoms with van der Waals surface area (Å²) < 4.78 is 28.5. The molecule has 5 heteroatoms. The van der Waals surface area contributed by atoms with Crippen molar-refractivity contribution in [1.82, 2.24) is 0 Å². The third-order valence-electron chi connectivity index (χ3n) is 1.77. The van der Waals surface area contributed by atoms with E-state index in [9.17, 15) is 8.60 Å². The normalized spacial score (nSPS) is 14.3. The summed E-state index contributed by atoms with van der Waals surface area (Å²) in [7, 11) is -1.29. The molecule has 0 heterocycles. The molecule has 1 aromatic carbocycles. The number of benzene rings is 1. The van der Waals surface area contributed by atoms with Crippen LogP contribution in [0.3, 0.4) is 0 Å². The summed E-state index contributed by atoms with van der Waals surface area (Å²) in [6, 6.07) is 4.52. The van der Waals surface area contributed by atoms with E-state index in [0.29, 0.717) is 10.0 Å². The summed E-state index contributed by atoms with van der Waals surface area (Å²) >= 11 is 3.08. The Morgan fingerprint density at radius 3 is 2.56 bits per heavy atom. The van der Waals surface area contributed by atoms with Crippen molar-refractivity contribution in [1.29, 1.82) is 0 Å². The predicted molar refractivity (Wildman–Crippen MR) is 69.6 cm³/mol. The standard InChI is InChI=1S/C11H13BrFNOS/c1-11(2,3)16(15)14-7-8-4-5-10(13)9(12)6-8/h4-7H,1-3H3/t16-/m0/s1. The fraction of sp³-hybridized carbons (Fsp3) is 0.364. The van der Waals surface area contributed by atoms with E-state index in [1.807, 2.05) is 20.8 Å². The molecule has 0 aromatic heterocycles. The summed E-state index contributed by atoms with van der Waals surface area (Å²) in [5.74, 6) is -0.325. The fourth-order valence-corrected chi connectivity index (χ4v) is 1.79. The predicted octanol–water partition coefficient (Wildman–Crippen LogP) is 3.47. The molecule has 0 saturated heterocycles. The van der Waals surface area contributed by atoms with Gasteiger partial charge in [-0.25, -0.2) is 8.60 Å². The average molecular weight is 306 g/mol. The van der Waals surface area contributed by atoms with Crippen molar-refractivity contribution < 1.29 is 8.60 Å². The maximum absolute atomic E-state index is 12.9. The maximum atomic E-state index is 12.9. The Morgan fingerprint density at radius 1 is 1.44 bits per heavy atom. The molecule has 0 aliphatic carbocycles. The average Bonchev–Trinajstić information content (AvgIpc) is 2.18. The van der Waals surface area contributed by atoms with Gasteiger partial charge in [-0.15, -0.1) is 0 Å². The molecule has 2 nitrogen and oxygen atoms in total. The van der Waals surface area contributed by atoms with Gasteiger partial charge in [0.15, 0.2) is 0 Å². The highest BCUT2D eigenvalue weighted by Crippen LogP contribution is 2.16. The molecule has 0 N–H and O–H groups in total. The Hall–Kier alpha value is -0.550. The SMILES string of the molecule is CC(C)(C)[S@](=O)N=Cc1ccc(F)c(Br)c1. The topological polar surface area (TPSA) is 29.4 Å². The van der Waals surface area contributed by atoms with E-state index in [-0.39, 0.29) is 10.6 Å². The molecular weight excluding hydrogens is 293 g/mol. The Bertz CT molecular complexity index is 440. The van der Waals surface area contributed by atoms with Crippen molar-refractivity contribution in [3.63, 3.8) is 0 Å². The number of nitrogens with zero attached hydrogens (tertiary/aromatic N) is 1. The molecule has 0 aliphatic rings. The third kappa shape index (κ3) is 3.79. The molecule has 88 valence electrons. The highest BCUT2D eigenvalue weighted by atomic mass is 79.9. The minimum absolute atomic E-state index is 0.325. The van der Waals surface area contributed by atoms with E-state index in [1.165, 1.54) is 12.3 Å². The lowest BCUT2D eigenvalue weighted by atomic mass is 10.2. The second kappa shape index (κ2) is 5.19. The van der Waals surface area contributed by atoms with Crippen LogP contribution in [0.5, 0.6) is 0 Å². The van der Waals surface area contributed by atoms with Crippen LogP contribution in [0.15, 0.2) is 27.1 Å². The lowest BCUT2D eigenvalue weighted by Gasteiger charge is -2.12. The van der Waals surface area contributed by atoms with Gasteiger partial charge in [0.25, 0.3) is 0 Å². The van der Waals surface area contributed by atoms with Crippen LogP contribution in [0.25, 0.3) is 0 Å². The molecule has 1 aromatic rings. The van der Waals surface area contributed by atoms with Crippen molar-refractivity contribution in [3.05, 3.63) is 34.1 Å². The second-order valence-electron chi connectivity index (χ2n) is 4.27. The molecular formula is C11H13BrFNOS. The molecule has 0 bridgehead atoms. The molecule has 0 fully saturated rings. The van der Waals surface area contributed by atoms with Crippen LogP contribution < -0.4 is 0 Å². The molecule has 0 amide bonds. The van der Waals surface area contributed by atoms with Gasteiger partial charge < -0.3 is 0 Å². The van der Waals surface area contributed by atoms with E-state index in [4.69, 9.17) is 0 Å². The van der Waals surface area contributed by atoms with Gasteiger partial charge in [-0.2, -0.15) is 4.40 Å². The second-order valence-corrected chi connectivity index (χ2v) is 7.06. The summed E-state index contributed by atoms with van der Waals surface area (Å²) in [5, 5.41) is 0. The fourth-order valence-electron chi connectivity index (χ4n) is 0.860. The molecule has 0 aliphatic heterocycles. The quantitative estimate of drug-likeness (QED) is 0.769. The number of hydrogen-bond donors (Lipinski definition) is 0. The van der Waals surface area contributed by atoms with Gasteiger partial charge in [-0.3, -0.25) is 0 Å². The van der Waals surface area contributed by atoms with Crippen LogP contribution >= 0.6 is 15.9 Å². The van der Waals surface area contributed by atoms with Crippen molar-refractivity contribution in [3.8, 4) is 0 Å². The molecule has 0 spiro atoms. The zero-order chi connectivity index (χ0) is 12.3. The zero-order valence-electron chi connectivity index (χ0n) is 9.33. The zero-order valence-corrected chi connectivity index (χ0v) is 11.7. The van der Waals surface area contributed by atoms with Crippen LogP contribution in [0.2, 0.25) is 0 Å². The number of rotatable bonds is 2. The largest absolute Gasteiger partial charge is 0.234 e. The molecule has 0 radical (unpaired) electrons. The maximum Gasteiger partial charge on any atom is 0.144 e. The number of halogens is 2. The third-order valence-corrected chi connectivity index (χ3v) is 3.72. The van der Waals surface area contributed by atoms with E-state index in [1.54, 1.807) is 12.1 Å². The van der Waals surface area contributed by atoms with Crippen molar-refractivity contribution in [2.24, 2.45) is 4.40 Å². The van der Waals surface area contributed by atoms with Crippen molar-refractivity contribution in [2.75, 3.05) is 0 Å². The van der Waals surface area contributed by atoms with Crippen molar-refractivity contribution in [2.45, 2.75) is 25.5 Å². The van der Waals surface area contributed by atoms with Gasteiger partial charge in [0.1, 0.15) is 16.8 Å². The molecule has 1 atom stereocenters. The first-order chi connectivity index (χ1) is 7.30. The highest BCUT2D eigenvalue weighted by Gasteiger charge is 2.18. The molecule has 0 saturated carbocycles. The van der Waals surface area contributed by atoms with Gasteiger partial charge in [0.05, 0.1) is 9.22 Å². The molecule has 0 unspecified atom stereocenters. The summed E-state index contributed by atoms with van der Waals surface area (Å²) in [6.45, 7) is 5.54. The van der Waals surface area contributed by atoms with Crippen molar-refractivity contribution >= 4 is 33.1 Å². The van der Waals surface area contributed by atoms with Crippen LogP contribution in [-0.4, -0.2) is 15.2 Å². The van der Waals surface area contributed by atoms with Gasteiger partial charge in [-0.05, 0) is 54.4 Å². The minimum atomic E-state index is -1.29. The Labute approximate surface area is 106 Å². The summed E-state index contributed by atoms with van der Waals surface area (Å²) in [4.78, 5) is 0. The van der Waals surface area contributed by atoms with E-state index in [0.717, 1.165) is 0 Å². The summed E-state index contributed by atoms with van der Waals surface area (Å²) in [5.41, 5.74) is 0.714. The van der Waals surface area contributed by atoms with Gasteiger partial charge in [-0.1, -0.05) is 6.07 Å². The monoisotopic (exact) mass is 305 g/mol.